The van der Waals surface area contributed by atoms with E-state index < -0.39 is 0 Å². The molecule has 2 aromatic rings. The van der Waals surface area contributed by atoms with E-state index in [-0.39, 0.29) is 24.0 Å². The number of pyridine rings is 1. The smallest absolute Gasteiger partial charge is 0.254 e. The standard InChI is InChI=1S/C21H23N3O4/c1-23-17-12-24(13-19(17)28-10-8-20(23)25)21(26)15-5-3-14(4-6-15)16-7-9-22-11-18(16)27-2/h3-7,9,11,17,19H,8,10,12-13H2,1-2H3/t17-,19-/m0/s1. The lowest BCUT2D eigenvalue weighted by Crippen LogP contribution is -2.43. The zero-order valence-corrected chi connectivity index (χ0v) is 16.0. The number of likely N-dealkylation sites (tertiary alicyclic amines) is 1. The van der Waals surface area contributed by atoms with Gasteiger partial charge in [0.25, 0.3) is 5.91 Å². The van der Waals surface area contributed by atoms with Crippen molar-refractivity contribution in [1.82, 2.24) is 14.8 Å². The average molecular weight is 381 g/mol. The van der Waals surface area contributed by atoms with Crippen LogP contribution in [0.3, 0.4) is 0 Å². The second kappa shape index (κ2) is 7.59. The van der Waals surface area contributed by atoms with Crippen molar-refractivity contribution in [3.05, 3.63) is 48.3 Å². The molecule has 1 aromatic heterocycles. The Morgan fingerprint density at radius 3 is 2.75 bits per heavy atom. The van der Waals surface area contributed by atoms with Gasteiger partial charge in [0.05, 0.1) is 38.5 Å². The van der Waals surface area contributed by atoms with Gasteiger partial charge in [0.15, 0.2) is 0 Å². The zero-order chi connectivity index (χ0) is 19.7. The minimum absolute atomic E-state index is 0.0502. The van der Waals surface area contributed by atoms with Gasteiger partial charge >= 0.3 is 0 Å². The van der Waals surface area contributed by atoms with E-state index in [9.17, 15) is 9.59 Å². The van der Waals surface area contributed by atoms with Crippen LogP contribution in [0.25, 0.3) is 11.1 Å². The third-order valence-corrected chi connectivity index (χ3v) is 5.51. The van der Waals surface area contributed by atoms with Gasteiger partial charge in [-0.2, -0.15) is 0 Å². The number of hydrogen-bond donors (Lipinski definition) is 0. The first-order valence-electron chi connectivity index (χ1n) is 9.33. The summed E-state index contributed by atoms with van der Waals surface area (Å²) in [6.07, 6.45) is 3.65. The zero-order valence-electron chi connectivity index (χ0n) is 16.0. The van der Waals surface area contributed by atoms with E-state index in [0.29, 0.717) is 37.4 Å². The lowest BCUT2D eigenvalue weighted by Gasteiger charge is -2.25. The van der Waals surface area contributed by atoms with Crippen molar-refractivity contribution in [1.29, 1.82) is 0 Å². The van der Waals surface area contributed by atoms with Crippen molar-refractivity contribution in [2.45, 2.75) is 18.6 Å². The van der Waals surface area contributed by atoms with Gasteiger partial charge in [-0.25, -0.2) is 0 Å². The maximum atomic E-state index is 13.0. The first-order valence-corrected chi connectivity index (χ1v) is 9.33. The highest BCUT2D eigenvalue weighted by molar-refractivity contribution is 5.95. The summed E-state index contributed by atoms with van der Waals surface area (Å²) in [5, 5.41) is 0. The van der Waals surface area contributed by atoms with Crippen molar-refractivity contribution in [3.8, 4) is 16.9 Å². The van der Waals surface area contributed by atoms with Gasteiger partial charge in [-0.15, -0.1) is 0 Å². The second-order valence-electron chi connectivity index (χ2n) is 7.09. The molecule has 2 fully saturated rings. The van der Waals surface area contributed by atoms with Crippen molar-refractivity contribution >= 4 is 11.8 Å². The quantitative estimate of drug-likeness (QED) is 0.811. The number of nitrogens with zero attached hydrogens (tertiary/aromatic N) is 3. The fraction of sp³-hybridized carbons (Fsp3) is 0.381. The molecule has 7 nitrogen and oxygen atoms in total. The molecular weight excluding hydrogens is 358 g/mol. The minimum Gasteiger partial charge on any atom is -0.494 e. The van der Waals surface area contributed by atoms with Crippen LogP contribution in [0.1, 0.15) is 16.8 Å². The molecule has 3 heterocycles. The van der Waals surface area contributed by atoms with Gasteiger partial charge in [-0.1, -0.05) is 12.1 Å². The normalized spacial score (nSPS) is 22.0. The van der Waals surface area contributed by atoms with Crippen LogP contribution in [-0.4, -0.2) is 72.6 Å². The van der Waals surface area contributed by atoms with E-state index in [0.717, 1.165) is 11.1 Å². The third kappa shape index (κ3) is 3.33. The van der Waals surface area contributed by atoms with Crippen LogP contribution in [0, 0.1) is 0 Å². The summed E-state index contributed by atoms with van der Waals surface area (Å²) >= 11 is 0. The van der Waals surface area contributed by atoms with E-state index in [1.807, 2.05) is 30.3 Å². The summed E-state index contributed by atoms with van der Waals surface area (Å²) in [5.41, 5.74) is 2.49. The highest BCUT2D eigenvalue weighted by atomic mass is 16.5. The van der Waals surface area contributed by atoms with Gasteiger partial charge in [-0.05, 0) is 23.8 Å². The van der Waals surface area contributed by atoms with Crippen molar-refractivity contribution < 1.29 is 19.1 Å². The molecule has 0 N–H and O–H groups in total. The molecule has 0 unspecified atom stereocenters. The number of ether oxygens (including phenoxy) is 2. The number of rotatable bonds is 3. The van der Waals surface area contributed by atoms with Crippen LogP contribution in [0.5, 0.6) is 5.75 Å². The summed E-state index contributed by atoms with van der Waals surface area (Å²) in [4.78, 5) is 32.6. The van der Waals surface area contributed by atoms with E-state index in [1.165, 1.54) is 0 Å². The molecule has 2 aliphatic rings. The Morgan fingerprint density at radius 1 is 1.21 bits per heavy atom. The Morgan fingerprint density at radius 2 is 2.00 bits per heavy atom. The molecule has 2 amide bonds. The highest BCUT2D eigenvalue weighted by Crippen LogP contribution is 2.29. The molecule has 2 saturated heterocycles. The second-order valence-corrected chi connectivity index (χ2v) is 7.09. The van der Waals surface area contributed by atoms with Crippen LogP contribution >= 0.6 is 0 Å². The maximum absolute atomic E-state index is 13.0. The van der Waals surface area contributed by atoms with Gasteiger partial charge in [0.2, 0.25) is 5.91 Å². The molecule has 0 bridgehead atoms. The Bertz CT molecular complexity index is 883. The van der Waals surface area contributed by atoms with Crippen molar-refractivity contribution in [3.63, 3.8) is 0 Å². The average Bonchev–Trinajstić information content (AvgIpc) is 3.11. The number of aromatic nitrogens is 1. The molecular formula is C21H23N3O4. The molecule has 2 atom stereocenters. The van der Waals surface area contributed by atoms with Crippen LogP contribution in [0.15, 0.2) is 42.7 Å². The van der Waals surface area contributed by atoms with E-state index >= 15 is 0 Å². The van der Waals surface area contributed by atoms with Gasteiger partial charge in [-0.3, -0.25) is 14.6 Å². The molecule has 146 valence electrons. The number of hydrogen-bond acceptors (Lipinski definition) is 5. The monoisotopic (exact) mass is 381 g/mol. The summed E-state index contributed by atoms with van der Waals surface area (Å²) in [6, 6.07) is 9.26. The first kappa shape index (κ1) is 18.4. The molecule has 28 heavy (non-hydrogen) atoms. The SMILES string of the molecule is COc1cnccc1-c1ccc(C(=O)N2C[C@@H]3OCCC(=O)N(C)[C@H]3C2)cc1. The lowest BCUT2D eigenvalue weighted by molar-refractivity contribution is -0.131. The molecule has 2 aliphatic heterocycles. The van der Waals surface area contributed by atoms with Crippen molar-refractivity contribution in [2.75, 3.05) is 33.9 Å². The Labute approximate surface area is 163 Å². The lowest BCUT2D eigenvalue weighted by atomic mass is 10.0. The molecule has 0 aliphatic carbocycles. The van der Waals surface area contributed by atoms with Crippen LogP contribution in [0.2, 0.25) is 0 Å². The number of fused-ring (bicyclic) bond motifs is 1. The number of benzene rings is 1. The largest absolute Gasteiger partial charge is 0.494 e. The number of carbonyl (C=O) groups excluding carboxylic acids is 2. The summed E-state index contributed by atoms with van der Waals surface area (Å²) in [7, 11) is 3.40. The van der Waals surface area contributed by atoms with Gasteiger partial charge in [0, 0.05) is 37.5 Å². The molecule has 4 rings (SSSR count). The topological polar surface area (TPSA) is 72.0 Å². The fourth-order valence-electron chi connectivity index (χ4n) is 3.87. The van der Waals surface area contributed by atoms with Gasteiger partial charge < -0.3 is 19.3 Å². The first-order chi connectivity index (χ1) is 13.6. The van der Waals surface area contributed by atoms with Crippen molar-refractivity contribution in [2.24, 2.45) is 0 Å². The van der Waals surface area contributed by atoms with Crippen LogP contribution in [0.4, 0.5) is 0 Å². The van der Waals surface area contributed by atoms with Crippen LogP contribution in [-0.2, 0) is 9.53 Å². The number of carbonyl (C=O) groups is 2. The Hall–Kier alpha value is -2.93. The Balaban J connectivity index is 1.51. The molecule has 0 spiro atoms. The predicted molar refractivity (Wildman–Crippen MR) is 103 cm³/mol. The minimum atomic E-state index is -0.124. The fourth-order valence-corrected chi connectivity index (χ4v) is 3.87. The number of amides is 2. The number of likely N-dealkylation sites (N-methyl/N-ethyl adjacent to an activating group) is 1. The van der Waals surface area contributed by atoms with Gasteiger partial charge in [0.1, 0.15) is 5.75 Å². The highest BCUT2D eigenvalue weighted by Gasteiger charge is 2.41. The summed E-state index contributed by atoms with van der Waals surface area (Å²) in [5.74, 6) is 0.703. The number of methoxy groups -OCH3 is 1. The summed E-state index contributed by atoms with van der Waals surface area (Å²) in [6.45, 7) is 1.40. The molecule has 7 heteroatoms. The molecule has 0 saturated carbocycles. The maximum Gasteiger partial charge on any atom is 0.254 e. The van der Waals surface area contributed by atoms with E-state index in [2.05, 4.69) is 4.98 Å². The molecule has 1 aromatic carbocycles. The predicted octanol–water partition coefficient (Wildman–Crippen LogP) is 1.83. The van der Waals surface area contributed by atoms with E-state index in [4.69, 9.17) is 9.47 Å². The van der Waals surface area contributed by atoms with E-state index in [1.54, 1.807) is 36.4 Å². The summed E-state index contributed by atoms with van der Waals surface area (Å²) < 4.78 is 11.2. The Kier molecular flexibility index (Phi) is 5.00. The molecule has 0 radical (unpaired) electrons. The third-order valence-electron chi connectivity index (χ3n) is 5.51. The van der Waals surface area contributed by atoms with Crippen LogP contribution < -0.4 is 4.74 Å².